The van der Waals surface area contributed by atoms with Crippen molar-refractivity contribution in [2.75, 3.05) is 0 Å². The smallest absolute Gasteiger partial charge is 0.217 e. The number of hydrogen-bond donors (Lipinski definition) is 1. The molecule has 2 heterocycles. The third kappa shape index (κ3) is 3.25. The molecule has 1 unspecified atom stereocenters. The van der Waals surface area contributed by atoms with Gasteiger partial charge >= 0.3 is 0 Å². The molecule has 0 saturated heterocycles. The van der Waals surface area contributed by atoms with Crippen LogP contribution < -0.4 is 0 Å². The molecule has 1 aliphatic heterocycles. The lowest BCUT2D eigenvalue weighted by Crippen LogP contribution is -2.38. The molecule has 94 valence electrons. The molecule has 0 spiro atoms. The van der Waals surface area contributed by atoms with Crippen molar-refractivity contribution in [3.63, 3.8) is 0 Å². The minimum atomic E-state index is -0.886. The van der Waals surface area contributed by atoms with E-state index in [0.29, 0.717) is 13.1 Å². The molecule has 1 N–H and O–H groups in total. The van der Waals surface area contributed by atoms with Crippen LogP contribution in [0.25, 0.3) is 0 Å². The van der Waals surface area contributed by atoms with E-state index in [2.05, 4.69) is 20.9 Å². The Hall–Kier alpha value is -0.490. The van der Waals surface area contributed by atoms with Crippen LogP contribution in [0.4, 0.5) is 0 Å². The first kappa shape index (κ1) is 13.0. The third-order valence-electron chi connectivity index (χ3n) is 2.53. The minimum absolute atomic E-state index is 0.359. The summed E-state index contributed by atoms with van der Waals surface area (Å²) >= 11 is 3.35. The number of ether oxygens (including phenoxy) is 1. The second-order valence-electron chi connectivity index (χ2n) is 5.20. The summed E-state index contributed by atoms with van der Waals surface area (Å²) in [6, 6.07) is 3.94. The number of rotatable bonds is 2. The highest BCUT2D eigenvalue weighted by Crippen LogP contribution is 2.25. The molecule has 1 atom stereocenters. The second-order valence-corrected chi connectivity index (χ2v) is 6.01. The van der Waals surface area contributed by atoms with Crippen LogP contribution in [0.3, 0.4) is 0 Å². The van der Waals surface area contributed by atoms with Gasteiger partial charge in [0.25, 0.3) is 0 Å². The van der Waals surface area contributed by atoms with E-state index >= 15 is 0 Å². The van der Waals surface area contributed by atoms with Crippen LogP contribution in [-0.2, 0) is 17.8 Å². The molecule has 0 radical (unpaired) electrons. The molecular formula is C12H17BrN2O2. The molecule has 2 rings (SSSR count). The maximum atomic E-state index is 9.99. The van der Waals surface area contributed by atoms with Crippen molar-refractivity contribution in [2.24, 2.45) is 0 Å². The van der Waals surface area contributed by atoms with Gasteiger partial charge < -0.3 is 9.84 Å². The van der Waals surface area contributed by atoms with Crippen LogP contribution >= 0.6 is 15.9 Å². The highest BCUT2D eigenvalue weighted by molar-refractivity contribution is 9.10. The molecule has 5 heteroatoms. The molecule has 1 aromatic heterocycles. The van der Waals surface area contributed by atoms with E-state index in [4.69, 9.17) is 4.74 Å². The third-order valence-corrected chi connectivity index (χ3v) is 2.97. The highest BCUT2D eigenvalue weighted by atomic mass is 79.9. The highest BCUT2D eigenvalue weighted by Gasteiger charge is 2.28. The lowest BCUT2D eigenvalue weighted by atomic mass is 10.2. The Labute approximate surface area is 110 Å². The molecule has 4 nitrogen and oxygen atoms in total. The normalized spacial score (nSPS) is 18.2. The zero-order valence-electron chi connectivity index (χ0n) is 10.3. The van der Waals surface area contributed by atoms with Crippen LogP contribution in [0.15, 0.2) is 16.7 Å². The Kier molecular flexibility index (Phi) is 3.54. The van der Waals surface area contributed by atoms with Gasteiger partial charge in [0.2, 0.25) is 6.41 Å². The summed E-state index contributed by atoms with van der Waals surface area (Å²) in [6.45, 7) is 7.07. The number of halogens is 1. The van der Waals surface area contributed by atoms with Gasteiger partial charge in [-0.2, -0.15) is 0 Å². The zero-order valence-corrected chi connectivity index (χ0v) is 11.9. The Morgan fingerprint density at radius 3 is 2.76 bits per heavy atom. The van der Waals surface area contributed by atoms with Crippen molar-refractivity contribution >= 4 is 15.9 Å². The van der Waals surface area contributed by atoms with E-state index < -0.39 is 6.41 Å². The summed E-state index contributed by atoms with van der Waals surface area (Å²) in [5.41, 5.74) is 1.78. The average molecular weight is 301 g/mol. The Morgan fingerprint density at radius 2 is 2.12 bits per heavy atom. The van der Waals surface area contributed by atoms with Crippen molar-refractivity contribution < 1.29 is 9.84 Å². The second kappa shape index (κ2) is 4.65. The summed E-state index contributed by atoms with van der Waals surface area (Å²) in [5.74, 6) is 0. The monoisotopic (exact) mass is 300 g/mol. The molecule has 0 saturated carbocycles. The first-order chi connectivity index (χ1) is 7.85. The van der Waals surface area contributed by atoms with E-state index in [-0.39, 0.29) is 5.60 Å². The lowest BCUT2D eigenvalue weighted by Gasteiger charge is -2.29. The van der Waals surface area contributed by atoms with Crippen LogP contribution in [0.2, 0.25) is 0 Å². The maximum absolute atomic E-state index is 9.99. The first-order valence-corrected chi connectivity index (χ1v) is 6.39. The lowest BCUT2D eigenvalue weighted by molar-refractivity contribution is -0.241. The fraction of sp³-hybridized carbons (Fsp3) is 0.583. The molecule has 0 aliphatic carbocycles. The largest absolute Gasteiger partial charge is 0.356 e. The maximum Gasteiger partial charge on any atom is 0.217 e. The Balaban J connectivity index is 2.05. The SMILES string of the molecule is CC(C)(C)OC(O)N1Cc2ccc(Br)nc2C1. The molecule has 0 amide bonds. The number of nitrogens with zero attached hydrogens (tertiary/aromatic N) is 2. The van der Waals surface area contributed by atoms with Gasteiger partial charge in [0.1, 0.15) is 4.60 Å². The predicted octanol–water partition coefficient (Wildman–Crippen LogP) is 2.25. The number of aromatic nitrogens is 1. The Bertz CT molecular complexity index is 417. The number of aliphatic hydroxyl groups is 1. The molecule has 0 fully saturated rings. The quantitative estimate of drug-likeness (QED) is 0.672. The van der Waals surface area contributed by atoms with Crippen molar-refractivity contribution in [1.29, 1.82) is 0 Å². The first-order valence-electron chi connectivity index (χ1n) is 5.59. The van der Waals surface area contributed by atoms with E-state index in [0.717, 1.165) is 15.9 Å². The van der Waals surface area contributed by atoms with Crippen molar-refractivity contribution in [3.05, 3.63) is 28.0 Å². The fourth-order valence-corrected chi connectivity index (χ4v) is 2.14. The van der Waals surface area contributed by atoms with Crippen LogP contribution in [0, 0.1) is 0 Å². The summed E-state index contributed by atoms with van der Waals surface area (Å²) in [7, 11) is 0. The summed E-state index contributed by atoms with van der Waals surface area (Å²) < 4.78 is 6.35. The zero-order chi connectivity index (χ0) is 12.6. The van der Waals surface area contributed by atoms with Crippen molar-refractivity contribution in [3.8, 4) is 0 Å². The van der Waals surface area contributed by atoms with Gasteiger partial charge in [-0.15, -0.1) is 0 Å². The summed E-state index contributed by atoms with van der Waals surface area (Å²) in [5, 5.41) is 9.99. The van der Waals surface area contributed by atoms with E-state index in [1.54, 1.807) is 0 Å². The Morgan fingerprint density at radius 1 is 1.41 bits per heavy atom. The van der Waals surface area contributed by atoms with Gasteiger partial charge in [-0.25, -0.2) is 9.88 Å². The standard InChI is InChI=1S/C12H17BrN2O2/c1-12(2,3)17-11(16)15-6-8-4-5-10(13)14-9(8)7-15/h4-5,11,16H,6-7H2,1-3H3. The molecule has 1 aliphatic rings. The van der Waals surface area contributed by atoms with Gasteiger partial charge in [-0.05, 0) is 48.3 Å². The molecule has 1 aromatic rings. The number of hydrogen-bond acceptors (Lipinski definition) is 4. The van der Waals surface area contributed by atoms with E-state index in [1.807, 2.05) is 37.8 Å². The number of aliphatic hydroxyl groups excluding tert-OH is 1. The topological polar surface area (TPSA) is 45.6 Å². The van der Waals surface area contributed by atoms with Crippen molar-refractivity contribution in [1.82, 2.24) is 9.88 Å². The number of pyridine rings is 1. The molecule has 17 heavy (non-hydrogen) atoms. The minimum Gasteiger partial charge on any atom is -0.356 e. The summed E-state index contributed by atoms with van der Waals surface area (Å²) in [6.07, 6.45) is -0.886. The van der Waals surface area contributed by atoms with E-state index in [1.165, 1.54) is 0 Å². The molecule has 0 bridgehead atoms. The van der Waals surface area contributed by atoms with Gasteiger partial charge in [-0.1, -0.05) is 6.07 Å². The van der Waals surface area contributed by atoms with Crippen LogP contribution in [0.5, 0.6) is 0 Å². The van der Waals surface area contributed by atoms with Gasteiger partial charge in [0.05, 0.1) is 11.3 Å². The van der Waals surface area contributed by atoms with Gasteiger partial charge in [-0.3, -0.25) is 0 Å². The average Bonchev–Trinajstić information content (AvgIpc) is 2.57. The van der Waals surface area contributed by atoms with Gasteiger partial charge in [0.15, 0.2) is 0 Å². The summed E-state index contributed by atoms with van der Waals surface area (Å²) in [4.78, 5) is 6.25. The van der Waals surface area contributed by atoms with Crippen molar-refractivity contribution in [2.45, 2.75) is 45.9 Å². The van der Waals surface area contributed by atoms with Crippen LogP contribution in [-0.4, -0.2) is 27.0 Å². The number of fused-ring (bicyclic) bond motifs is 1. The predicted molar refractivity (Wildman–Crippen MR) is 68.0 cm³/mol. The fourth-order valence-electron chi connectivity index (χ4n) is 1.80. The van der Waals surface area contributed by atoms with E-state index in [9.17, 15) is 5.11 Å². The van der Waals surface area contributed by atoms with Crippen LogP contribution in [0.1, 0.15) is 32.0 Å². The van der Waals surface area contributed by atoms with Gasteiger partial charge in [0, 0.05) is 13.1 Å². The molecular weight excluding hydrogens is 284 g/mol. The molecule has 0 aromatic carbocycles.